The van der Waals surface area contributed by atoms with E-state index in [1.54, 1.807) is 0 Å². The van der Waals surface area contributed by atoms with E-state index in [4.69, 9.17) is 4.42 Å². The number of furan rings is 1. The number of hydrogen-bond donors (Lipinski definition) is 0. The van der Waals surface area contributed by atoms with Crippen LogP contribution < -0.4 is 4.90 Å². The third-order valence-electron chi connectivity index (χ3n) is 12.8. The number of rotatable bonds is 7. The topological polar surface area (TPSA) is 21.3 Å². The van der Waals surface area contributed by atoms with E-state index in [1.807, 2.05) is 23.5 Å². The van der Waals surface area contributed by atoms with E-state index in [9.17, 15) is 0 Å². The predicted octanol–water partition coefficient (Wildman–Crippen LogP) is 17.5. The van der Waals surface area contributed by atoms with Gasteiger partial charge < -0.3 is 13.9 Å². The Balaban J connectivity index is 0.904. The minimum absolute atomic E-state index is 0.904. The fraction of sp³-hybridized carbons (Fsp3) is 0. The monoisotopic (exact) mass is 834 g/mol. The number of para-hydroxylation sites is 3. The van der Waals surface area contributed by atoms with Gasteiger partial charge in [0.25, 0.3) is 0 Å². The highest BCUT2D eigenvalue weighted by atomic mass is 32.1. The average Bonchev–Trinajstić information content (AvgIpc) is 4.04. The van der Waals surface area contributed by atoms with Gasteiger partial charge in [-0.25, -0.2) is 0 Å². The molecular formula is C60H38N2OS. The first-order valence-electron chi connectivity index (χ1n) is 21.7. The lowest BCUT2D eigenvalue weighted by atomic mass is 10.00. The third kappa shape index (κ3) is 6.03. The molecule has 3 aromatic heterocycles. The molecule has 0 saturated carbocycles. The number of aromatic nitrogens is 1. The molecular weight excluding hydrogens is 797 g/mol. The lowest BCUT2D eigenvalue weighted by Crippen LogP contribution is -2.10. The van der Waals surface area contributed by atoms with E-state index in [2.05, 4.69) is 228 Å². The highest BCUT2D eigenvalue weighted by molar-refractivity contribution is 7.25. The van der Waals surface area contributed by atoms with Crippen LogP contribution in [0.15, 0.2) is 235 Å². The second-order valence-corrected chi connectivity index (χ2v) is 17.6. The van der Waals surface area contributed by atoms with Gasteiger partial charge in [-0.05, 0) is 137 Å². The summed E-state index contributed by atoms with van der Waals surface area (Å²) < 4.78 is 11.1. The minimum Gasteiger partial charge on any atom is -0.456 e. The Morgan fingerprint density at radius 3 is 1.66 bits per heavy atom. The molecule has 0 aliphatic rings. The summed E-state index contributed by atoms with van der Waals surface area (Å²) in [5.74, 6) is 0. The molecule has 0 atom stereocenters. The van der Waals surface area contributed by atoms with Crippen LogP contribution in [0.1, 0.15) is 0 Å². The van der Waals surface area contributed by atoms with Gasteiger partial charge in [0, 0.05) is 64.5 Å². The highest BCUT2D eigenvalue weighted by Crippen LogP contribution is 2.42. The van der Waals surface area contributed by atoms with Crippen LogP contribution in [0.4, 0.5) is 17.1 Å². The summed E-state index contributed by atoms with van der Waals surface area (Å²) in [5, 5.41) is 7.37. The largest absolute Gasteiger partial charge is 0.456 e. The summed E-state index contributed by atoms with van der Waals surface area (Å²) in [6.45, 7) is 0. The van der Waals surface area contributed by atoms with Crippen molar-refractivity contribution < 1.29 is 4.42 Å². The molecule has 3 nitrogen and oxygen atoms in total. The fourth-order valence-corrected chi connectivity index (χ4v) is 10.8. The quantitative estimate of drug-likeness (QED) is 0.159. The number of fused-ring (bicyclic) bond motifs is 9. The molecule has 0 aliphatic carbocycles. The van der Waals surface area contributed by atoms with E-state index in [1.165, 1.54) is 64.2 Å². The summed E-state index contributed by atoms with van der Waals surface area (Å²) >= 11 is 1.86. The summed E-state index contributed by atoms with van der Waals surface area (Å²) in [4.78, 5) is 2.37. The molecule has 64 heavy (non-hydrogen) atoms. The van der Waals surface area contributed by atoms with Gasteiger partial charge in [-0.1, -0.05) is 127 Å². The molecule has 4 heteroatoms. The van der Waals surface area contributed by atoms with Crippen molar-refractivity contribution in [2.45, 2.75) is 0 Å². The molecule has 0 spiro atoms. The lowest BCUT2D eigenvalue weighted by molar-refractivity contribution is 0.669. The SMILES string of the molecule is c1ccc(-n2c3ccccc3c3cc(-c4ccc(N(c5ccc(-c6ccc7oc8ccccc8c7c6)cc5)c5cccc(-c6ccc7sc8ccccc8c7c6)c5)cc4)ccc32)cc1. The Morgan fingerprint density at radius 2 is 0.859 bits per heavy atom. The van der Waals surface area contributed by atoms with E-state index < -0.39 is 0 Å². The average molecular weight is 835 g/mol. The molecule has 13 rings (SSSR count). The van der Waals surface area contributed by atoms with Crippen LogP contribution in [-0.4, -0.2) is 4.57 Å². The van der Waals surface area contributed by atoms with Crippen molar-refractivity contribution in [2.75, 3.05) is 4.90 Å². The first-order chi connectivity index (χ1) is 31.7. The summed E-state index contributed by atoms with van der Waals surface area (Å²) in [7, 11) is 0. The normalized spacial score (nSPS) is 11.8. The van der Waals surface area contributed by atoms with Gasteiger partial charge in [0.1, 0.15) is 11.2 Å². The van der Waals surface area contributed by atoms with E-state index in [0.29, 0.717) is 0 Å². The second-order valence-electron chi connectivity index (χ2n) is 16.5. The summed E-state index contributed by atoms with van der Waals surface area (Å²) in [6.07, 6.45) is 0. The van der Waals surface area contributed by atoms with E-state index in [-0.39, 0.29) is 0 Å². The number of hydrogen-bond acceptors (Lipinski definition) is 3. The molecule has 10 aromatic carbocycles. The van der Waals surface area contributed by atoms with Gasteiger partial charge >= 0.3 is 0 Å². The molecule has 13 aromatic rings. The van der Waals surface area contributed by atoms with Gasteiger partial charge in [0.2, 0.25) is 0 Å². The van der Waals surface area contributed by atoms with Crippen molar-refractivity contribution >= 4 is 92.3 Å². The molecule has 0 saturated heterocycles. The number of anilines is 3. The molecule has 0 amide bonds. The molecule has 3 heterocycles. The van der Waals surface area contributed by atoms with Crippen LogP contribution in [0, 0.1) is 0 Å². The molecule has 0 fully saturated rings. The van der Waals surface area contributed by atoms with Crippen molar-refractivity contribution in [3.8, 4) is 39.1 Å². The summed E-state index contributed by atoms with van der Waals surface area (Å²) in [6, 6.07) is 83.6. The lowest BCUT2D eigenvalue weighted by Gasteiger charge is -2.26. The molecule has 0 unspecified atom stereocenters. The Bertz CT molecular complexity index is 3890. The van der Waals surface area contributed by atoms with Crippen molar-refractivity contribution in [1.82, 2.24) is 4.57 Å². The number of thiophene rings is 1. The van der Waals surface area contributed by atoms with Crippen LogP contribution in [0.3, 0.4) is 0 Å². The predicted molar refractivity (Wildman–Crippen MR) is 272 cm³/mol. The molecule has 0 bridgehead atoms. The van der Waals surface area contributed by atoms with Crippen LogP contribution in [0.5, 0.6) is 0 Å². The zero-order chi connectivity index (χ0) is 42.1. The van der Waals surface area contributed by atoms with Gasteiger partial charge in [0.05, 0.1) is 11.0 Å². The smallest absolute Gasteiger partial charge is 0.135 e. The Labute approximate surface area is 373 Å². The summed E-state index contributed by atoms with van der Waals surface area (Å²) in [5.41, 5.74) is 15.7. The van der Waals surface area contributed by atoms with Crippen molar-refractivity contribution in [1.29, 1.82) is 0 Å². The molecule has 0 N–H and O–H groups in total. The second kappa shape index (κ2) is 14.7. The third-order valence-corrected chi connectivity index (χ3v) is 13.9. The maximum atomic E-state index is 6.15. The van der Waals surface area contributed by atoms with Crippen molar-refractivity contribution in [2.24, 2.45) is 0 Å². The van der Waals surface area contributed by atoms with Crippen molar-refractivity contribution in [3.63, 3.8) is 0 Å². The van der Waals surface area contributed by atoms with Crippen LogP contribution in [0.2, 0.25) is 0 Å². The molecule has 0 aliphatic heterocycles. The van der Waals surface area contributed by atoms with Gasteiger partial charge in [-0.2, -0.15) is 0 Å². The van der Waals surface area contributed by atoms with Crippen LogP contribution >= 0.6 is 11.3 Å². The van der Waals surface area contributed by atoms with Crippen LogP contribution in [-0.2, 0) is 0 Å². The minimum atomic E-state index is 0.904. The zero-order valence-corrected chi connectivity index (χ0v) is 35.5. The zero-order valence-electron chi connectivity index (χ0n) is 34.7. The number of nitrogens with zero attached hydrogens (tertiary/aromatic N) is 2. The van der Waals surface area contributed by atoms with Crippen molar-refractivity contribution in [3.05, 3.63) is 231 Å². The maximum absolute atomic E-state index is 6.15. The van der Waals surface area contributed by atoms with Gasteiger partial charge in [-0.15, -0.1) is 11.3 Å². The highest BCUT2D eigenvalue weighted by Gasteiger charge is 2.17. The van der Waals surface area contributed by atoms with Crippen LogP contribution in [0.25, 0.3) is 103 Å². The standard InChI is InChI=1S/C60H38N2OS/c1-2-12-45(13-3-1)62-55-18-7-4-15-49(55)52-36-42(25-32-56(52)62)39-21-28-46(29-22-39)61(47-30-23-40(24-31-47)43-26-33-58-53(37-43)50-16-5-8-19-57(50)63-58)48-14-10-11-41(35-48)44-27-34-60-54(38-44)51-17-6-9-20-59(51)64-60/h1-38H. The Kier molecular flexibility index (Phi) is 8.40. The molecule has 0 radical (unpaired) electrons. The first-order valence-corrected chi connectivity index (χ1v) is 22.5. The Morgan fingerprint density at radius 1 is 0.312 bits per heavy atom. The Hall–Kier alpha value is -8.18. The van der Waals surface area contributed by atoms with E-state index in [0.717, 1.165) is 55.8 Å². The fourth-order valence-electron chi connectivity index (χ4n) is 9.70. The van der Waals surface area contributed by atoms with Gasteiger partial charge in [0.15, 0.2) is 0 Å². The number of benzene rings is 10. The van der Waals surface area contributed by atoms with Gasteiger partial charge in [-0.3, -0.25) is 0 Å². The van der Waals surface area contributed by atoms with E-state index >= 15 is 0 Å². The first kappa shape index (κ1) is 36.5. The molecule has 300 valence electrons. The maximum Gasteiger partial charge on any atom is 0.135 e.